The summed E-state index contributed by atoms with van der Waals surface area (Å²) in [5, 5.41) is 0. The highest BCUT2D eigenvalue weighted by Gasteiger charge is 2.76. The largest absolute Gasteiger partial charge is 0.443 e. The Kier molecular flexibility index (Phi) is 8.35. The summed E-state index contributed by atoms with van der Waals surface area (Å²) in [4.78, 5) is 25.3. The first kappa shape index (κ1) is 29.2. The molecule has 0 spiro atoms. The maximum atomic E-state index is 13.3. The zero-order valence-corrected chi connectivity index (χ0v) is 20.3. The Balaban J connectivity index is 3.38. The molecule has 0 aliphatic heterocycles. The summed E-state index contributed by atoms with van der Waals surface area (Å²) >= 11 is 1.56. The number of hydrogen-bond donors (Lipinski definition) is 1. The second kappa shape index (κ2) is 9.44. The molecule has 188 valence electrons. The van der Waals surface area contributed by atoms with Gasteiger partial charge >= 0.3 is 30.0 Å². The normalized spacial score (nSPS) is 13.5. The number of carbonyl (C=O) groups excluding carboxylic acids is 2. The molecule has 8 nitrogen and oxygen atoms in total. The minimum absolute atomic E-state index is 0.0369. The van der Waals surface area contributed by atoms with Gasteiger partial charge in [0.25, 0.3) is 10.1 Å². The maximum absolute atomic E-state index is 13.3. The van der Waals surface area contributed by atoms with Crippen LogP contribution in [0.15, 0.2) is 18.2 Å². The molecular formula is C17H18F6INO7S. The Morgan fingerprint density at radius 3 is 1.88 bits per heavy atom. The van der Waals surface area contributed by atoms with Crippen LogP contribution in [0.3, 0.4) is 0 Å². The Bertz CT molecular complexity index is 1000. The lowest BCUT2D eigenvalue weighted by Gasteiger charge is -2.35. The third-order valence-electron chi connectivity index (χ3n) is 3.78. The van der Waals surface area contributed by atoms with Gasteiger partial charge in [0.05, 0.1) is 11.3 Å². The summed E-state index contributed by atoms with van der Waals surface area (Å²) < 4.78 is 119. The van der Waals surface area contributed by atoms with Gasteiger partial charge in [-0.05, 0) is 61.6 Å². The standard InChI is InChI=1S/C17H18F6INO7S/c1-14(2,3)32-13(27)25(4)11-6-5-9(7-10(11)24)12(26)31-15(16(18,19)20,17(21,22)23)8-33(28,29)30/h5-7H,8H2,1-4H3,(H,28,29,30). The number of hydrogen-bond acceptors (Lipinski definition) is 6. The molecule has 1 aromatic carbocycles. The van der Waals surface area contributed by atoms with Crippen molar-refractivity contribution in [1.29, 1.82) is 0 Å². The number of anilines is 1. The van der Waals surface area contributed by atoms with Gasteiger partial charge in [-0.25, -0.2) is 9.59 Å². The number of rotatable bonds is 5. The van der Waals surface area contributed by atoms with Crippen molar-refractivity contribution >= 4 is 50.5 Å². The molecular weight excluding hydrogens is 603 g/mol. The Morgan fingerprint density at radius 2 is 1.52 bits per heavy atom. The van der Waals surface area contributed by atoms with E-state index in [1.54, 1.807) is 43.4 Å². The van der Waals surface area contributed by atoms with Gasteiger partial charge in [0, 0.05) is 10.6 Å². The predicted molar refractivity (Wildman–Crippen MR) is 110 cm³/mol. The van der Waals surface area contributed by atoms with Crippen LogP contribution in [-0.2, 0) is 19.6 Å². The van der Waals surface area contributed by atoms with Gasteiger partial charge in [-0.3, -0.25) is 9.45 Å². The third-order valence-corrected chi connectivity index (χ3v) is 5.42. The molecule has 1 aromatic rings. The van der Waals surface area contributed by atoms with E-state index in [2.05, 4.69) is 4.74 Å². The van der Waals surface area contributed by atoms with E-state index in [1.165, 1.54) is 7.05 Å². The van der Waals surface area contributed by atoms with E-state index in [0.717, 1.165) is 23.1 Å². The second-order valence-electron chi connectivity index (χ2n) is 7.64. The topological polar surface area (TPSA) is 110 Å². The number of amides is 1. The Hall–Kier alpha value is -1.82. The fraction of sp³-hybridized carbons (Fsp3) is 0.529. The molecule has 0 atom stereocenters. The summed E-state index contributed by atoms with van der Waals surface area (Å²) in [5.74, 6) is -5.16. The zero-order chi connectivity index (χ0) is 26.2. The highest BCUT2D eigenvalue weighted by Crippen LogP contribution is 2.47. The molecule has 0 aliphatic rings. The number of esters is 1. The molecule has 0 saturated carbocycles. The van der Waals surface area contributed by atoms with Crippen molar-refractivity contribution in [3.63, 3.8) is 0 Å². The number of nitrogens with zero attached hydrogens (tertiary/aromatic N) is 1. The van der Waals surface area contributed by atoms with Crippen LogP contribution in [0, 0.1) is 3.57 Å². The average molecular weight is 621 g/mol. The monoisotopic (exact) mass is 621 g/mol. The van der Waals surface area contributed by atoms with Crippen LogP contribution in [0.5, 0.6) is 0 Å². The van der Waals surface area contributed by atoms with Crippen molar-refractivity contribution in [2.75, 3.05) is 17.7 Å². The van der Waals surface area contributed by atoms with Gasteiger partial charge in [0.1, 0.15) is 11.4 Å². The van der Waals surface area contributed by atoms with E-state index in [-0.39, 0.29) is 9.26 Å². The van der Waals surface area contributed by atoms with Crippen molar-refractivity contribution in [2.24, 2.45) is 0 Å². The second-order valence-corrected chi connectivity index (χ2v) is 10.3. The Morgan fingerprint density at radius 1 is 1.03 bits per heavy atom. The molecule has 0 aromatic heterocycles. The lowest BCUT2D eigenvalue weighted by Crippen LogP contribution is -2.63. The number of carbonyl (C=O) groups is 2. The summed E-state index contributed by atoms with van der Waals surface area (Å²) in [6, 6.07) is 2.63. The lowest BCUT2D eigenvalue weighted by atomic mass is 10.1. The highest BCUT2D eigenvalue weighted by atomic mass is 127. The minimum atomic E-state index is -6.44. The van der Waals surface area contributed by atoms with E-state index in [9.17, 15) is 44.3 Å². The van der Waals surface area contributed by atoms with Gasteiger partial charge in [-0.1, -0.05) is 0 Å². The van der Waals surface area contributed by atoms with Crippen molar-refractivity contribution < 1.29 is 58.4 Å². The highest BCUT2D eigenvalue weighted by molar-refractivity contribution is 14.1. The smallest absolute Gasteiger partial charge is 0.438 e. The molecule has 0 saturated heterocycles. The number of alkyl halides is 6. The molecule has 1 amide bonds. The number of benzene rings is 1. The molecule has 0 aliphatic carbocycles. The first-order valence-electron chi connectivity index (χ1n) is 8.59. The zero-order valence-electron chi connectivity index (χ0n) is 17.3. The van der Waals surface area contributed by atoms with Crippen LogP contribution < -0.4 is 4.90 Å². The van der Waals surface area contributed by atoms with Crippen molar-refractivity contribution in [3.05, 3.63) is 27.3 Å². The lowest BCUT2D eigenvalue weighted by molar-refractivity contribution is -0.356. The molecule has 33 heavy (non-hydrogen) atoms. The maximum Gasteiger partial charge on any atom is 0.438 e. The summed E-state index contributed by atoms with van der Waals surface area (Å²) in [6.07, 6.45) is -13.7. The predicted octanol–water partition coefficient (Wildman–Crippen LogP) is 4.57. The van der Waals surface area contributed by atoms with Gasteiger partial charge in [0.2, 0.25) is 0 Å². The number of halogens is 7. The first-order valence-corrected chi connectivity index (χ1v) is 11.3. The fourth-order valence-electron chi connectivity index (χ4n) is 2.28. The number of ether oxygens (including phenoxy) is 2. The van der Waals surface area contributed by atoms with Crippen LogP contribution >= 0.6 is 22.6 Å². The minimum Gasteiger partial charge on any atom is -0.443 e. The fourth-order valence-corrected chi connectivity index (χ4v) is 4.06. The first-order chi connectivity index (χ1) is 14.5. The molecule has 1 rings (SSSR count). The SMILES string of the molecule is CN(C(=O)OC(C)(C)C)c1ccc(C(=O)OC(CS(=O)(=O)O)(C(F)(F)F)C(F)(F)F)cc1I. The van der Waals surface area contributed by atoms with Crippen LogP contribution in [0.2, 0.25) is 0 Å². The van der Waals surface area contributed by atoms with E-state index in [1.807, 2.05) is 0 Å². The molecule has 0 heterocycles. The van der Waals surface area contributed by atoms with Crippen molar-refractivity contribution in [3.8, 4) is 0 Å². The molecule has 0 radical (unpaired) electrons. The summed E-state index contributed by atoms with van der Waals surface area (Å²) in [6.45, 7) is 4.76. The molecule has 1 N–H and O–H groups in total. The van der Waals surface area contributed by atoms with Crippen molar-refractivity contribution in [2.45, 2.75) is 44.3 Å². The van der Waals surface area contributed by atoms with Crippen LogP contribution in [0.4, 0.5) is 36.8 Å². The van der Waals surface area contributed by atoms with Crippen molar-refractivity contribution in [1.82, 2.24) is 0 Å². The molecule has 0 unspecified atom stereocenters. The summed E-state index contributed by atoms with van der Waals surface area (Å²) in [7, 11) is -4.63. The van der Waals surface area contributed by atoms with E-state index >= 15 is 0 Å². The summed E-state index contributed by atoms with van der Waals surface area (Å²) in [5.41, 5.74) is -7.11. The van der Waals surface area contributed by atoms with Gasteiger partial charge < -0.3 is 9.47 Å². The van der Waals surface area contributed by atoms with E-state index in [0.29, 0.717) is 0 Å². The van der Waals surface area contributed by atoms with E-state index in [4.69, 9.17) is 9.29 Å². The van der Waals surface area contributed by atoms with Crippen LogP contribution in [0.25, 0.3) is 0 Å². The molecule has 0 fully saturated rings. The molecule has 16 heteroatoms. The van der Waals surface area contributed by atoms with Gasteiger partial charge in [-0.2, -0.15) is 34.8 Å². The Labute approximate surface area is 198 Å². The quantitative estimate of drug-likeness (QED) is 0.222. The van der Waals surface area contributed by atoms with Gasteiger partial charge in [0.15, 0.2) is 0 Å². The average Bonchev–Trinajstić information content (AvgIpc) is 2.55. The van der Waals surface area contributed by atoms with Crippen LogP contribution in [0.1, 0.15) is 31.1 Å². The third kappa shape index (κ3) is 7.33. The molecule has 0 bridgehead atoms. The van der Waals surface area contributed by atoms with E-state index < -0.39 is 57.1 Å². The van der Waals surface area contributed by atoms with Crippen LogP contribution in [-0.4, -0.2) is 61.4 Å². The van der Waals surface area contributed by atoms with Gasteiger partial charge in [-0.15, -0.1) is 0 Å².